The molecular formula is C17H10F2O. The van der Waals surface area contributed by atoms with E-state index in [0.29, 0.717) is 22.3 Å². The van der Waals surface area contributed by atoms with E-state index in [0.717, 1.165) is 0 Å². The van der Waals surface area contributed by atoms with Gasteiger partial charge in [-0.3, -0.25) is 4.79 Å². The van der Waals surface area contributed by atoms with Gasteiger partial charge in [-0.05, 0) is 58.7 Å². The fraction of sp³-hybridized carbons (Fsp3) is 0. The molecule has 98 valence electrons. The molecule has 1 nitrogen and oxygen atoms in total. The Morgan fingerprint density at radius 1 is 0.700 bits per heavy atom. The van der Waals surface area contributed by atoms with Crippen molar-refractivity contribution in [2.75, 3.05) is 0 Å². The number of carbonyl (C=O) groups is 1. The van der Waals surface area contributed by atoms with Crippen LogP contribution in [0.5, 0.6) is 0 Å². The minimum absolute atomic E-state index is 0.177. The molecular weight excluding hydrogens is 258 g/mol. The molecule has 0 fully saturated rings. The highest BCUT2D eigenvalue weighted by Gasteiger charge is 2.19. The lowest BCUT2D eigenvalue weighted by atomic mass is 9.95. The van der Waals surface area contributed by atoms with Crippen LogP contribution in [0.2, 0.25) is 0 Å². The number of halogens is 2. The number of ketones is 1. The van der Waals surface area contributed by atoms with E-state index in [4.69, 9.17) is 0 Å². The van der Waals surface area contributed by atoms with Crippen LogP contribution in [0.25, 0.3) is 11.1 Å². The van der Waals surface area contributed by atoms with E-state index in [9.17, 15) is 13.6 Å². The Labute approximate surface area is 114 Å². The Morgan fingerprint density at radius 2 is 1.15 bits per heavy atom. The molecule has 0 atom stereocenters. The summed E-state index contributed by atoms with van der Waals surface area (Å²) in [5.74, 6) is -0.925. The smallest absolute Gasteiger partial charge is 0.179 e. The van der Waals surface area contributed by atoms with Gasteiger partial charge in [0.1, 0.15) is 11.6 Å². The third-order valence-electron chi connectivity index (χ3n) is 3.13. The van der Waals surface area contributed by atoms with Gasteiger partial charge in [0.25, 0.3) is 0 Å². The Balaban J connectivity index is 2.10. The summed E-state index contributed by atoms with van der Waals surface area (Å²) in [6.07, 6.45) is 2.88. The summed E-state index contributed by atoms with van der Waals surface area (Å²) in [7, 11) is 0. The number of rotatable bonds is 2. The molecule has 0 saturated carbocycles. The minimum Gasteiger partial charge on any atom is -0.290 e. The quantitative estimate of drug-likeness (QED) is 0.804. The maximum atomic E-state index is 13.3. The molecule has 0 aliphatic heterocycles. The highest BCUT2D eigenvalue weighted by molar-refractivity contribution is 6.25. The van der Waals surface area contributed by atoms with Gasteiger partial charge in [0.2, 0.25) is 0 Å². The highest BCUT2D eigenvalue weighted by atomic mass is 19.1. The summed E-state index contributed by atoms with van der Waals surface area (Å²) >= 11 is 0. The Morgan fingerprint density at radius 3 is 1.55 bits per heavy atom. The summed E-state index contributed by atoms with van der Waals surface area (Å²) in [5, 5.41) is 0. The zero-order valence-corrected chi connectivity index (χ0v) is 10.4. The second kappa shape index (κ2) is 4.85. The SMILES string of the molecule is O=C1C=C(c2cccc(F)c2)C(c2cccc(F)c2)=C1. The van der Waals surface area contributed by atoms with Crippen LogP contribution in [0, 0.1) is 11.6 Å². The van der Waals surface area contributed by atoms with Crippen LogP contribution in [-0.2, 0) is 4.79 Å². The molecule has 0 heterocycles. The highest BCUT2D eigenvalue weighted by Crippen LogP contribution is 2.35. The van der Waals surface area contributed by atoms with Crippen molar-refractivity contribution in [3.05, 3.63) is 83.4 Å². The van der Waals surface area contributed by atoms with Crippen LogP contribution in [0.3, 0.4) is 0 Å². The van der Waals surface area contributed by atoms with E-state index in [2.05, 4.69) is 0 Å². The predicted octanol–water partition coefficient (Wildman–Crippen LogP) is 4.01. The van der Waals surface area contributed by atoms with Crippen LogP contribution in [0.4, 0.5) is 8.78 Å². The molecule has 2 aromatic rings. The molecule has 3 heteroatoms. The van der Waals surface area contributed by atoms with Gasteiger partial charge in [-0.1, -0.05) is 24.3 Å². The number of allylic oxidation sites excluding steroid dienone is 4. The first-order valence-corrected chi connectivity index (χ1v) is 6.13. The van der Waals surface area contributed by atoms with Gasteiger partial charge in [-0.25, -0.2) is 8.78 Å². The van der Waals surface area contributed by atoms with Crippen molar-refractivity contribution in [1.82, 2.24) is 0 Å². The molecule has 20 heavy (non-hydrogen) atoms. The Bertz CT molecular complexity index is 694. The molecule has 0 aromatic heterocycles. The molecule has 0 spiro atoms. The van der Waals surface area contributed by atoms with Crippen molar-refractivity contribution in [2.45, 2.75) is 0 Å². The maximum absolute atomic E-state index is 13.3. The summed E-state index contributed by atoms with van der Waals surface area (Å²) < 4.78 is 26.6. The van der Waals surface area contributed by atoms with E-state index in [1.165, 1.54) is 36.4 Å². The van der Waals surface area contributed by atoms with E-state index >= 15 is 0 Å². The lowest BCUT2D eigenvalue weighted by Crippen LogP contribution is -1.89. The van der Waals surface area contributed by atoms with Gasteiger partial charge in [0.05, 0.1) is 0 Å². The molecule has 0 bridgehead atoms. The largest absolute Gasteiger partial charge is 0.290 e. The molecule has 0 amide bonds. The van der Waals surface area contributed by atoms with Gasteiger partial charge in [0, 0.05) is 0 Å². The molecule has 0 radical (unpaired) electrons. The van der Waals surface area contributed by atoms with Crippen LogP contribution >= 0.6 is 0 Å². The van der Waals surface area contributed by atoms with Gasteiger partial charge in [-0.15, -0.1) is 0 Å². The first-order valence-electron chi connectivity index (χ1n) is 6.13. The first-order chi connectivity index (χ1) is 9.63. The minimum atomic E-state index is -0.374. The fourth-order valence-corrected chi connectivity index (χ4v) is 2.27. The van der Waals surface area contributed by atoms with E-state index in [1.807, 2.05) is 0 Å². The van der Waals surface area contributed by atoms with Gasteiger partial charge in [-0.2, -0.15) is 0 Å². The van der Waals surface area contributed by atoms with Gasteiger partial charge >= 0.3 is 0 Å². The van der Waals surface area contributed by atoms with Crippen LogP contribution < -0.4 is 0 Å². The Kier molecular flexibility index (Phi) is 3.03. The second-order valence-corrected chi connectivity index (χ2v) is 4.54. The van der Waals surface area contributed by atoms with Crippen LogP contribution in [0.1, 0.15) is 11.1 Å². The molecule has 3 rings (SSSR count). The van der Waals surface area contributed by atoms with Crippen LogP contribution in [-0.4, -0.2) is 5.78 Å². The monoisotopic (exact) mass is 268 g/mol. The van der Waals surface area contributed by atoms with E-state index in [-0.39, 0.29) is 17.4 Å². The predicted molar refractivity (Wildman–Crippen MR) is 73.8 cm³/mol. The summed E-state index contributed by atoms with van der Waals surface area (Å²) in [4.78, 5) is 11.6. The number of benzene rings is 2. The number of hydrogen-bond acceptors (Lipinski definition) is 1. The van der Waals surface area contributed by atoms with Crippen molar-refractivity contribution < 1.29 is 13.6 Å². The zero-order chi connectivity index (χ0) is 14.1. The normalized spacial score (nSPS) is 14.2. The van der Waals surface area contributed by atoms with Crippen molar-refractivity contribution in [3.63, 3.8) is 0 Å². The van der Waals surface area contributed by atoms with Crippen molar-refractivity contribution in [2.24, 2.45) is 0 Å². The fourth-order valence-electron chi connectivity index (χ4n) is 2.27. The van der Waals surface area contributed by atoms with E-state index < -0.39 is 0 Å². The summed E-state index contributed by atoms with van der Waals surface area (Å²) in [5.41, 5.74) is 2.43. The molecule has 0 saturated heterocycles. The Hall–Kier alpha value is -2.55. The zero-order valence-electron chi connectivity index (χ0n) is 10.4. The lowest BCUT2D eigenvalue weighted by Gasteiger charge is -2.09. The average Bonchev–Trinajstić information content (AvgIpc) is 2.81. The standard InChI is InChI=1S/C17H10F2O/c18-13-5-1-3-11(7-13)16-9-15(20)10-17(16)12-4-2-6-14(19)8-12/h1-10H. The lowest BCUT2D eigenvalue weighted by molar-refractivity contribution is -0.110. The summed E-state index contributed by atoms with van der Waals surface area (Å²) in [6.45, 7) is 0. The van der Waals surface area contributed by atoms with E-state index in [1.54, 1.807) is 24.3 Å². The maximum Gasteiger partial charge on any atom is 0.179 e. The molecule has 1 aliphatic carbocycles. The molecule has 1 aliphatic rings. The van der Waals surface area contributed by atoms with Gasteiger partial charge < -0.3 is 0 Å². The van der Waals surface area contributed by atoms with Crippen molar-refractivity contribution >= 4 is 16.9 Å². The number of hydrogen-bond donors (Lipinski definition) is 0. The molecule has 0 N–H and O–H groups in total. The third-order valence-corrected chi connectivity index (χ3v) is 3.13. The van der Waals surface area contributed by atoms with Crippen molar-refractivity contribution in [1.29, 1.82) is 0 Å². The number of carbonyl (C=O) groups excluding carboxylic acids is 1. The summed E-state index contributed by atoms with van der Waals surface area (Å²) in [6, 6.07) is 12.0. The average molecular weight is 268 g/mol. The first kappa shape index (κ1) is 12.5. The topological polar surface area (TPSA) is 17.1 Å². The molecule has 0 unspecified atom stereocenters. The molecule has 2 aromatic carbocycles. The van der Waals surface area contributed by atoms with Crippen molar-refractivity contribution in [3.8, 4) is 0 Å². The second-order valence-electron chi connectivity index (χ2n) is 4.54. The van der Waals surface area contributed by atoms with Crippen LogP contribution in [0.15, 0.2) is 60.7 Å². The third kappa shape index (κ3) is 2.30. The van der Waals surface area contributed by atoms with Gasteiger partial charge in [0.15, 0.2) is 5.78 Å².